The summed E-state index contributed by atoms with van der Waals surface area (Å²) in [6, 6.07) is 18.8. The van der Waals surface area contributed by atoms with Crippen LogP contribution >= 0.6 is 0 Å². The lowest BCUT2D eigenvalue weighted by atomic mass is 9.99. The van der Waals surface area contributed by atoms with E-state index in [0.29, 0.717) is 17.1 Å². The standard InChI is InChI=1S/C21H18O4/c1-24-19-10-7-14(12-20(19)25-2)11-18(21(22)23)17-9-8-15-5-3-4-6-16(15)13-17/h3-13H,1-2H3,(H,22,23)/b18-11+. The highest BCUT2D eigenvalue weighted by Crippen LogP contribution is 2.30. The van der Waals surface area contributed by atoms with Crippen molar-refractivity contribution in [1.82, 2.24) is 0 Å². The Morgan fingerprint density at radius 3 is 2.28 bits per heavy atom. The molecular formula is C21H18O4. The average molecular weight is 334 g/mol. The van der Waals surface area contributed by atoms with Gasteiger partial charge in [0.25, 0.3) is 0 Å². The number of aliphatic carboxylic acids is 1. The maximum atomic E-state index is 11.8. The molecule has 1 N–H and O–H groups in total. The number of fused-ring (bicyclic) bond motifs is 1. The Morgan fingerprint density at radius 1 is 0.880 bits per heavy atom. The first-order valence-corrected chi connectivity index (χ1v) is 7.78. The molecule has 0 unspecified atom stereocenters. The van der Waals surface area contributed by atoms with Crippen molar-refractivity contribution in [3.05, 3.63) is 71.8 Å². The van der Waals surface area contributed by atoms with Crippen LogP contribution in [0.3, 0.4) is 0 Å². The van der Waals surface area contributed by atoms with Gasteiger partial charge in [-0.15, -0.1) is 0 Å². The molecule has 4 heteroatoms. The molecule has 0 radical (unpaired) electrons. The Balaban J connectivity index is 2.08. The van der Waals surface area contributed by atoms with Crippen LogP contribution in [0.2, 0.25) is 0 Å². The van der Waals surface area contributed by atoms with Gasteiger partial charge in [-0.1, -0.05) is 42.5 Å². The van der Waals surface area contributed by atoms with Gasteiger partial charge in [-0.25, -0.2) is 4.79 Å². The molecule has 3 aromatic rings. The third kappa shape index (κ3) is 3.48. The Labute approximate surface area is 145 Å². The van der Waals surface area contributed by atoms with Crippen molar-refractivity contribution < 1.29 is 19.4 Å². The van der Waals surface area contributed by atoms with Crippen LogP contribution in [0, 0.1) is 0 Å². The Kier molecular flexibility index (Phi) is 4.70. The van der Waals surface area contributed by atoms with Gasteiger partial charge in [0.15, 0.2) is 11.5 Å². The molecule has 0 fully saturated rings. The Morgan fingerprint density at radius 2 is 1.60 bits per heavy atom. The average Bonchev–Trinajstić information content (AvgIpc) is 2.65. The largest absolute Gasteiger partial charge is 0.493 e. The fourth-order valence-corrected chi connectivity index (χ4v) is 2.73. The lowest BCUT2D eigenvalue weighted by Crippen LogP contribution is -2.00. The van der Waals surface area contributed by atoms with Gasteiger partial charge in [-0.05, 0) is 46.2 Å². The highest BCUT2D eigenvalue weighted by molar-refractivity contribution is 6.21. The van der Waals surface area contributed by atoms with E-state index in [2.05, 4.69) is 0 Å². The SMILES string of the molecule is COc1ccc(/C=C(/C(=O)O)c2ccc3ccccc3c2)cc1OC. The highest BCUT2D eigenvalue weighted by atomic mass is 16.5. The van der Waals surface area contributed by atoms with Gasteiger partial charge in [0, 0.05) is 0 Å². The first kappa shape index (κ1) is 16.6. The number of hydrogen-bond donors (Lipinski definition) is 1. The summed E-state index contributed by atoms with van der Waals surface area (Å²) in [4.78, 5) is 11.8. The second kappa shape index (κ2) is 7.09. The Bertz CT molecular complexity index is 957. The summed E-state index contributed by atoms with van der Waals surface area (Å²) in [5.74, 6) is 0.173. The van der Waals surface area contributed by atoms with E-state index in [4.69, 9.17) is 9.47 Å². The summed E-state index contributed by atoms with van der Waals surface area (Å²) >= 11 is 0. The van der Waals surface area contributed by atoms with Crippen molar-refractivity contribution in [2.24, 2.45) is 0 Å². The van der Waals surface area contributed by atoms with Gasteiger partial charge in [0.1, 0.15) is 0 Å². The second-order valence-corrected chi connectivity index (χ2v) is 5.54. The van der Waals surface area contributed by atoms with Crippen LogP contribution in [-0.4, -0.2) is 25.3 Å². The summed E-state index contributed by atoms with van der Waals surface area (Å²) in [6.45, 7) is 0. The van der Waals surface area contributed by atoms with E-state index in [-0.39, 0.29) is 5.57 Å². The number of methoxy groups -OCH3 is 2. The van der Waals surface area contributed by atoms with Gasteiger partial charge in [0.2, 0.25) is 0 Å². The maximum absolute atomic E-state index is 11.8. The van der Waals surface area contributed by atoms with Crippen molar-refractivity contribution in [2.45, 2.75) is 0 Å². The van der Waals surface area contributed by atoms with E-state index in [1.54, 1.807) is 38.5 Å². The molecular weight excluding hydrogens is 316 g/mol. The summed E-state index contributed by atoms with van der Waals surface area (Å²) in [5, 5.41) is 11.7. The molecule has 0 atom stereocenters. The molecule has 0 aliphatic carbocycles. The number of hydrogen-bond acceptors (Lipinski definition) is 3. The normalized spacial score (nSPS) is 11.4. The molecule has 0 spiro atoms. The molecule has 0 heterocycles. The summed E-state index contributed by atoms with van der Waals surface area (Å²) in [5.41, 5.74) is 1.60. The molecule has 126 valence electrons. The summed E-state index contributed by atoms with van der Waals surface area (Å²) in [7, 11) is 3.11. The zero-order valence-corrected chi connectivity index (χ0v) is 14.0. The van der Waals surface area contributed by atoms with Gasteiger partial charge in [0.05, 0.1) is 19.8 Å². The molecule has 0 aromatic heterocycles. The minimum atomic E-state index is -0.981. The Hall–Kier alpha value is -3.27. The van der Waals surface area contributed by atoms with Crippen molar-refractivity contribution in [3.8, 4) is 11.5 Å². The minimum absolute atomic E-state index is 0.220. The van der Waals surface area contributed by atoms with Crippen molar-refractivity contribution in [2.75, 3.05) is 14.2 Å². The number of carboxylic acid groups (broad SMARTS) is 1. The first-order chi connectivity index (χ1) is 12.1. The van der Waals surface area contributed by atoms with E-state index < -0.39 is 5.97 Å². The molecule has 25 heavy (non-hydrogen) atoms. The van der Waals surface area contributed by atoms with E-state index in [1.807, 2.05) is 42.5 Å². The molecule has 0 aliphatic heterocycles. The smallest absolute Gasteiger partial charge is 0.336 e. The molecule has 0 saturated carbocycles. The highest BCUT2D eigenvalue weighted by Gasteiger charge is 2.12. The van der Waals surface area contributed by atoms with Crippen molar-refractivity contribution in [3.63, 3.8) is 0 Å². The van der Waals surface area contributed by atoms with Gasteiger partial charge < -0.3 is 14.6 Å². The summed E-state index contributed by atoms with van der Waals surface area (Å²) in [6.07, 6.45) is 1.63. The quantitative estimate of drug-likeness (QED) is 0.552. The molecule has 3 rings (SSSR count). The molecule has 0 bridgehead atoms. The van der Waals surface area contributed by atoms with Crippen LogP contribution in [0.15, 0.2) is 60.7 Å². The predicted octanol–water partition coefficient (Wildman–Crippen LogP) is 4.48. The minimum Gasteiger partial charge on any atom is -0.493 e. The van der Waals surface area contributed by atoms with Crippen molar-refractivity contribution in [1.29, 1.82) is 0 Å². The third-order valence-corrected chi connectivity index (χ3v) is 4.01. The lowest BCUT2D eigenvalue weighted by molar-refractivity contribution is -0.130. The number of ether oxygens (including phenoxy) is 2. The first-order valence-electron chi connectivity index (χ1n) is 7.78. The lowest BCUT2D eigenvalue weighted by Gasteiger charge is -2.09. The van der Waals surface area contributed by atoms with Gasteiger partial charge in [-0.3, -0.25) is 0 Å². The van der Waals surface area contributed by atoms with Crippen LogP contribution in [0.25, 0.3) is 22.4 Å². The van der Waals surface area contributed by atoms with Crippen LogP contribution < -0.4 is 9.47 Å². The monoisotopic (exact) mass is 334 g/mol. The van der Waals surface area contributed by atoms with E-state index >= 15 is 0 Å². The van der Waals surface area contributed by atoms with Crippen LogP contribution in [0.5, 0.6) is 11.5 Å². The molecule has 0 aliphatic rings. The summed E-state index contributed by atoms with van der Waals surface area (Å²) < 4.78 is 10.5. The molecule has 0 saturated heterocycles. The third-order valence-electron chi connectivity index (χ3n) is 4.01. The predicted molar refractivity (Wildman–Crippen MR) is 99.0 cm³/mol. The maximum Gasteiger partial charge on any atom is 0.336 e. The number of carboxylic acids is 1. The number of benzene rings is 3. The molecule has 0 amide bonds. The van der Waals surface area contributed by atoms with Gasteiger partial charge >= 0.3 is 5.97 Å². The number of carbonyl (C=O) groups is 1. The zero-order valence-electron chi connectivity index (χ0n) is 14.0. The van der Waals surface area contributed by atoms with E-state index in [9.17, 15) is 9.90 Å². The second-order valence-electron chi connectivity index (χ2n) is 5.54. The van der Waals surface area contributed by atoms with E-state index in [1.165, 1.54) is 0 Å². The van der Waals surface area contributed by atoms with Crippen LogP contribution in [0.1, 0.15) is 11.1 Å². The van der Waals surface area contributed by atoms with Crippen LogP contribution in [0.4, 0.5) is 0 Å². The van der Waals surface area contributed by atoms with Crippen molar-refractivity contribution >= 4 is 28.4 Å². The fourth-order valence-electron chi connectivity index (χ4n) is 2.73. The van der Waals surface area contributed by atoms with E-state index in [0.717, 1.165) is 16.3 Å². The van der Waals surface area contributed by atoms with Gasteiger partial charge in [-0.2, -0.15) is 0 Å². The topological polar surface area (TPSA) is 55.8 Å². The molecule has 4 nitrogen and oxygen atoms in total. The zero-order chi connectivity index (χ0) is 17.8. The van der Waals surface area contributed by atoms with Crippen LogP contribution in [-0.2, 0) is 4.79 Å². The fraction of sp³-hybridized carbons (Fsp3) is 0.0952. The molecule has 3 aromatic carbocycles. The number of rotatable bonds is 5.